The molecule has 0 saturated heterocycles. The van der Waals surface area contributed by atoms with E-state index in [9.17, 15) is 4.79 Å². The van der Waals surface area contributed by atoms with Crippen molar-refractivity contribution in [3.63, 3.8) is 0 Å². The van der Waals surface area contributed by atoms with Crippen LogP contribution in [0.25, 0.3) is 0 Å². The average molecular weight is 493 g/mol. The summed E-state index contributed by atoms with van der Waals surface area (Å²) in [5.74, 6) is 7.00. The highest BCUT2D eigenvalue weighted by molar-refractivity contribution is 7.80. The monoisotopic (exact) mass is 492 g/mol. The highest BCUT2D eigenvalue weighted by atomic mass is 32.1. The number of carbonyl (C=O) groups excluding carboxylic acids is 1. The van der Waals surface area contributed by atoms with Crippen molar-refractivity contribution in [3.05, 3.63) is 0 Å². The second-order valence-electron chi connectivity index (χ2n) is 13.8. The van der Waals surface area contributed by atoms with Crippen molar-refractivity contribution in [2.75, 3.05) is 0 Å². The fourth-order valence-corrected chi connectivity index (χ4v) is 8.01. The lowest BCUT2D eigenvalue weighted by molar-refractivity contribution is -0.131. The predicted molar refractivity (Wildman–Crippen MR) is 155 cm³/mol. The third kappa shape index (κ3) is 7.63. The van der Waals surface area contributed by atoms with E-state index < -0.39 is 0 Å². The van der Waals surface area contributed by atoms with Crippen LogP contribution in [0.15, 0.2) is 0 Å². The first-order chi connectivity index (χ1) is 15.6. The Morgan fingerprint density at radius 1 is 0.882 bits per heavy atom. The van der Waals surface area contributed by atoms with Crippen molar-refractivity contribution in [1.82, 2.24) is 0 Å². The molecule has 1 nitrogen and oxygen atoms in total. The molecule has 3 saturated carbocycles. The van der Waals surface area contributed by atoms with Crippen LogP contribution < -0.4 is 0 Å². The van der Waals surface area contributed by atoms with E-state index in [0.717, 1.165) is 48.3 Å². The summed E-state index contributed by atoms with van der Waals surface area (Å²) < 4.78 is 0. The van der Waals surface area contributed by atoms with E-state index in [0.29, 0.717) is 29.0 Å². The second-order valence-corrected chi connectivity index (χ2v) is 14.5. The Labute approximate surface area is 220 Å². The van der Waals surface area contributed by atoms with Gasteiger partial charge in [0.25, 0.3) is 0 Å². The van der Waals surface area contributed by atoms with Gasteiger partial charge in [-0.3, -0.25) is 4.79 Å². The zero-order valence-corrected chi connectivity index (χ0v) is 26.1. The Balaban J connectivity index is 0.000000317. The summed E-state index contributed by atoms with van der Waals surface area (Å²) in [6.07, 6.45) is 7.37. The molecule has 3 aliphatic rings. The quantitative estimate of drug-likeness (QED) is 0.343. The minimum Gasteiger partial charge on any atom is -0.299 e. The molecule has 34 heavy (non-hydrogen) atoms. The molecule has 0 aromatic rings. The van der Waals surface area contributed by atoms with Crippen LogP contribution in [0.3, 0.4) is 0 Å². The van der Waals surface area contributed by atoms with Crippen LogP contribution in [-0.4, -0.2) is 10.6 Å². The average Bonchev–Trinajstić information content (AvgIpc) is 3.44. The van der Waals surface area contributed by atoms with Gasteiger partial charge in [-0.1, -0.05) is 102 Å². The maximum atomic E-state index is 12.4. The molecular weight excluding hydrogens is 432 g/mol. The summed E-state index contributed by atoms with van der Waals surface area (Å²) in [7, 11) is 0. The smallest absolute Gasteiger partial charge is 0.137 e. The van der Waals surface area contributed by atoms with Crippen molar-refractivity contribution < 1.29 is 4.79 Å². The number of rotatable bonds is 6. The lowest BCUT2D eigenvalue weighted by Gasteiger charge is -2.50. The predicted octanol–water partition coefficient (Wildman–Crippen LogP) is 10.1. The number of Topliss-reactive ketones (excluding diaryl/α,β-unsaturated/α-hetero) is 1. The molecule has 0 amide bonds. The van der Waals surface area contributed by atoms with E-state index >= 15 is 0 Å². The fraction of sp³-hybridized carbons (Fsp3) is 0.938. The Morgan fingerprint density at radius 2 is 1.44 bits per heavy atom. The molecule has 0 aromatic heterocycles. The summed E-state index contributed by atoms with van der Waals surface area (Å²) in [5.41, 5.74) is 0.700. The van der Waals surface area contributed by atoms with Gasteiger partial charge in [-0.25, -0.2) is 0 Å². The second kappa shape index (κ2) is 12.8. The first-order valence-corrected chi connectivity index (χ1v) is 15.0. The maximum absolute atomic E-state index is 12.4. The lowest BCUT2D eigenvalue weighted by Crippen LogP contribution is -2.43. The highest BCUT2D eigenvalue weighted by Crippen LogP contribution is 2.62. The molecule has 0 aromatic carbocycles. The van der Waals surface area contributed by atoms with Crippen LogP contribution in [0.5, 0.6) is 0 Å². The molecular formula is C32H60OS. The molecule has 0 heterocycles. The number of thiocarbonyl (C=S) groups is 1. The molecule has 8 atom stereocenters. The van der Waals surface area contributed by atoms with E-state index in [2.05, 4.69) is 76.2 Å². The summed E-state index contributed by atoms with van der Waals surface area (Å²) in [4.78, 5) is 13.6. The van der Waals surface area contributed by atoms with Gasteiger partial charge in [-0.2, -0.15) is 0 Å². The molecule has 200 valence electrons. The van der Waals surface area contributed by atoms with Gasteiger partial charge in [-0.05, 0) is 95.6 Å². The summed E-state index contributed by atoms with van der Waals surface area (Å²) in [6, 6.07) is 0. The number of fused-ring (bicyclic) bond motifs is 1. The SMILES string of the molecule is CC.CC(=S)CC(C)C1C(C)CCC(C)C1(C)C.CC(C)CC(=O)C1C2CC2CC(C)C1(C)C. The minimum absolute atomic E-state index is 0.226. The van der Waals surface area contributed by atoms with Gasteiger partial charge in [0.05, 0.1) is 0 Å². The molecule has 0 bridgehead atoms. The Bertz CT molecular complexity index is 660. The van der Waals surface area contributed by atoms with Crippen LogP contribution in [0, 0.1) is 64.1 Å². The number of hydrogen-bond donors (Lipinski definition) is 0. The topological polar surface area (TPSA) is 17.1 Å². The Morgan fingerprint density at radius 3 is 1.94 bits per heavy atom. The molecule has 0 spiro atoms. The largest absolute Gasteiger partial charge is 0.299 e. The van der Waals surface area contributed by atoms with Crippen LogP contribution >= 0.6 is 12.2 Å². The molecule has 3 rings (SSSR count). The third-order valence-corrected chi connectivity index (χ3v) is 10.3. The molecule has 8 unspecified atom stereocenters. The molecule has 0 radical (unpaired) electrons. The molecule has 0 aliphatic heterocycles. The first kappa shape index (κ1) is 31.8. The molecule has 0 N–H and O–H groups in total. The van der Waals surface area contributed by atoms with Crippen LogP contribution in [0.1, 0.15) is 129 Å². The van der Waals surface area contributed by atoms with Crippen molar-refractivity contribution in [2.24, 2.45) is 64.1 Å². The van der Waals surface area contributed by atoms with E-state index in [-0.39, 0.29) is 5.41 Å². The normalized spacial score (nSPS) is 36.1. The molecule has 3 aliphatic carbocycles. The summed E-state index contributed by atoms with van der Waals surface area (Å²) in [5, 5.41) is 0. The zero-order valence-electron chi connectivity index (χ0n) is 25.3. The van der Waals surface area contributed by atoms with Gasteiger partial charge in [0.15, 0.2) is 0 Å². The van der Waals surface area contributed by atoms with Crippen LogP contribution in [0.2, 0.25) is 0 Å². The van der Waals surface area contributed by atoms with Crippen molar-refractivity contribution in [1.29, 1.82) is 0 Å². The van der Waals surface area contributed by atoms with Crippen LogP contribution in [0.4, 0.5) is 0 Å². The minimum atomic E-state index is 0.226. The lowest BCUT2D eigenvalue weighted by atomic mass is 9.55. The van der Waals surface area contributed by atoms with Crippen molar-refractivity contribution in [2.45, 2.75) is 129 Å². The van der Waals surface area contributed by atoms with Gasteiger partial charge in [-0.15, -0.1) is 0 Å². The van der Waals surface area contributed by atoms with Gasteiger partial charge < -0.3 is 0 Å². The first-order valence-electron chi connectivity index (χ1n) is 14.6. The number of carbonyl (C=O) groups is 1. The van der Waals surface area contributed by atoms with E-state index in [1.807, 2.05) is 13.8 Å². The highest BCUT2D eigenvalue weighted by Gasteiger charge is 2.57. The van der Waals surface area contributed by atoms with Crippen molar-refractivity contribution in [3.8, 4) is 0 Å². The number of ketones is 1. The Hall–Kier alpha value is -0.240. The van der Waals surface area contributed by atoms with Crippen LogP contribution in [-0.2, 0) is 4.79 Å². The Kier molecular flexibility index (Phi) is 12.0. The third-order valence-electron chi connectivity index (χ3n) is 10.1. The summed E-state index contributed by atoms with van der Waals surface area (Å²) in [6.45, 7) is 29.6. The molecule has 3 fully saturated rings. The van der Waals surface area contributed by atoms with E-state index in [1.165, 1.54) is 30.5 Å². The maximum Gasteiger partial charge on any atom is 0.137 e. The standard InChI is InChI=1S/C15H26O.C15H28S.C2H6/c1-9(2)6-13(16)14-12-8-11(12)7-10(3)15(14,4)5;1-10-7-8-12(3)15(5,6)14(10)11(2)9-13(4)16;1-2/h9-12,14H,6-8H2,1-5H3;10-12,14H,7-9H2,1-6H3;1-2H3. The summed E-state index contributed by atoms with van der Waals surface area (Å²) >= 11 is 5.28. The van der Waals surface area contributed by atoms with E-state index in [1.54, 1.807) is 0 Å². The van der Waals surface area contributed by atoms with Gasteiger partial charge >= 0.3 is 0 Å². The van der Waals surface area contributed by atoms with Gasteiger partial charge in [0.1, 0.15) is 5.78 Å². The van der Waals surface area contributed by atoms with Crippen molar-refractivity contribution >= 4 is 22.9 Å². The van der Waals surface area contributed by atoms with E-state index in [4.69, 9.17) is 12.2 Å². The van der Waals surface area contributed by atoms with Gasteiger partial charge in [0, 0.05) is 12.3 Å². The zero-order chi connectivity index (χ0) is 26.6. The number of hydrogen-bond acceptors (Lipinski definition) is 2. The van der Waals surface area contributed by atoms with Gasteiger partial charge in [0.2, 0.25) is 0 Å². The molecule has 2 heteroatoms. The fourth-order valence-electron chi connectivity index (χ4n) is 7.75.